The molecule has 2 rings (SSSR count). The molecule has 3 N–H and O–H groups in total. The summed E-state index contributed by atoms with van der Waals surface area (Å²) in [5, 5.41) is 16.2. The number of nitrogens with one attached hydrogen (secondary N) is 2. The van der Waals surface area contributed by atoms with Gasteiger partial charge in [-0.1, -0.05) is 43.2 Å². The minimum absolute atomic E-state index is 0.266. The third-order valence-electron chi connectivity index (χ3n) is 4.10. The van der Waals surface area contributed by atoms with E-state index in [0.717, 1.165) is 25.9 Å². The molecule has 4 heteroatoms. The molecule has 1 unspecified atom stereocenters. The van der Waals surface area contributed by atoms with Crippen LogP contribution in [0, 0.1) is 0 Å². The lowest BCUT2D eigenvalue weighted by atomic mass is 10.0. The molecular weight excluding hydrogens is 264 g/mol. The average Bonchev–Trinajstić information content (AvgIpc) is 2.46. The van der Waals surface area contributed by atoms with Crippen LogP contribution in [-0.2, 0) is 11.2 Å². The second-order valence-corrected chi connectivity index (χ2v) is 5.83. The molecule has 0 spiro atoms. The van der Waals surface area contributed by atoms with Crippen LogP contribution in [0.2, 0.25) is 0 Å². The summed E-state index contributed by atoms with van der Waals surface area (Å²) in [6.45, 7) is 1.91. The van der Waals surface area contributed by atoms with Gasteiger partial charge in [-0.3, -0.25) is 4.79 Å². The van der Waals surface area contributed by atoms with Crippen molar-refractivity contribution in [3.63, 3.8) is 0 Å². The molecular formula is C17H26N2O2. The molecule has 2 atom stereocenters. The van der Waals surface area contributed by atoms with Gasteiger partial charge in [0.25, 0.3) is 0 Å². The molecule has 1 fully saturated rings. The monoisotopic (exact) mass is 290 g/mol. The van der Waals surface area contributed by atoms with Crippen molar-refractivity contribution in [2.75, 3.05) is 13.1 Å². The molecule has 0 aliphatic carbocycles. The highest BCUT2D eigenvalue weighted by atomic mass is 16.4. The Labute approximate surface area is 126 Å². The maximum atomic E-state index is 11.5. The number of aliphatic carboxylic acids is 1. The Morgan fingerprint density at radius 1 is 1.29 bits per heavy atom. The van der Waals surface area contributed by atoms with E-state index in [-0.39, 0.29) is 6.04 Å². The lowest BCUT2D eigenvalue weighted by Gasteiger charge is -2.25. The van der Waals surface area contributed by atoms with Crippen LogP contribution in [0.3, 0.4) is 0 Å². The predicted octanol–water partition coefficient (Wildman–Crippen LogP) is 2.19. The third kappa shape index (κ3) is 5.86. The summed E-state index contributed by atoms with van der Waals surface area (Å²) in [6.07, 6.45) is 6.13. The summed E-state index contributed by atoms with van der Waals surface area (Å²) in [7, 11) is 0. The van der Waals surface area contributed by atoms with Crippen molar-refractivity contribution in [1.82, 2.24) is 10.6 Å². The van der Waals surface area contributed by atoms with E-state index in [2.05, 4.69) is 22.8 Å². The van der Waals surface area contributed by atoms with Crippen molar-refractivity contribution < 1.29 is 9.90 Å². The SMILES string of the molecule is O=C(O)[C@H](CCc1ccccc1)NC1CCCCCNC1. The summed E-state index contributed by atoms with van der Waals surface area (Å²) < 4.78 is 0. The normalized spacial score (nSPS) is 21.2. The number of benzene rings is 1. The Morgan fingerprint density at radius 3 is 2.86 bits per heavy atom. The minimum atomic E-state index is -0.743. The van der Waals surface area contributed by atoms with Crippen LogP contribution in [0.15, 0.2) is 30.3 Å². The smallest absolute Gasteiger partial charge is 0.320 e. The molecule has 0 saturated carbocycles. The second kappa shape index (κ2) is 8.80. The number of rotatable bonds is 6. The first kappa shape index (κ1) is 16.0. The quantitative estimate of drug-likeness (QED) is 0.751. The van der Waals surface area contributed by atoms with E-state index in [1.165, 1.54) is 24.8 Å². The average molecular weight is 290 g/mol. The van der Waals surface area contributed by atoms with Crippen molar-refractivity contribution in [1.29, 1.82) is 0 Å². The van der Waals surface area contributed by atoms with Crippen molar-refractivity contribution >= 4 is 5.97 Å². The Kier molecular flexibility index (Phi) is 6.70. The molecule has 0 aromatic heterocycles. The van der Waals surface area contributed by atoms with Crippen LogP contribution < -0.4 is 10.6 Å². The minimum Gasteiger partial charge on any atom is -0.480 e. The summed E-state index contributed by atoms with van der Waals surface area (Å²) >= 11 is 0. The molecule has 1 aromatic rings. The molecule has 0 amide bonds. The van der Waals surface area contributed by atoms with E-state index in [9.17, 15) is 9.90 Å². The van der Waals surface area contributed by atoms with E-state index in [1.54, 1.807) is 0 Å². The van der Waals surface area contributed by atoms with E-state index >= 15 is 0 Å². The van der Waals surface area contributed by atoms with Gasteiger partial charge in [0.05, 0.1) is 0 Å². The first-order valence-corrected chi connectivity index (χ1v) is 7.99. The molecule has 116 valence electrons. The molecule has 0 radical (unpaired) electrons. The lowest BCUT2D eigenvalue weighted by molar-refractivity contribution is -0.139. The third-order valence-corrected chi connectivity index (χ3v) is 4.10. The highest BCUT2D eigenvalue weighted by molar-refractivity contribution is 5.73. The predicted molar refractivity (Wildman–Crippen MR) is 84.4 cm³/mol. The Morgan fingerprint density at radius 2 is 2.10 bits per heavy atom. The van der Waals surface area contributed by atoms with Crippen LogP contribution in [-0.4, -0.2) is 36.2 Å². The van der Waals surface area contributed by atoms with Gasteiger partial charge in [-0.15, -0.1) is 0 Å². The molecule has 1 saturated heterocycles. The Hall–Kier alpha value is -1.39. The van der Waals surface area contributed by atoms with E-state index in [1.807, 2.05) is 18.2 Å². The van der Waals surface area contributed by atoms with Gasteiger partial charge in [0.1, 0.15) is 6.04 Å². The molecule has 0 bridgehead atoms. The second-order valence-electron chi connectivity index (χ2n) is 5.83. The lowest BCUT2D eigenvalue weighted by Crippen LogP contribution is -2.48. The first-order valence-electron chi connectivity index (χ1n) is 7.99. The van der Waals surface area contributed by atoms with Crippen LogP contribution >= 0.6 is 0 Å². The van der Waals surface area contributed by atoms with E-state index in [4.69, 9.17) is 0 Å². The van der Waals surface area contributed by atoms with Crippen LogP contribution in [0.4, 0.5) is 0 Å². The molecule has 1 heterocycles. The number of aryl methyl sites for hydroxylation is 1. The Balaban J connectivity index is 1.84. The van der Waals surface area contributed by atoms with Crippen LogP contribution in [0.25, 0.3) is 0 Å². The highest BCUT2D eigenvalue weighted by Crippen LogP contribution is 2.10. The van der Waals surface area contributed by atoms with Crippen LogP contribution in [0.1, 0.15) is 37.7 Å². The fourth-order valence-electron chi connectivity index (χ4n) is 2.86. The molecule has 21 heavy (non-hydrogen) atoms. The fraction of sp³-hybridized carbons (Fsp3) is 0.588. The van der Waals surface area contributed by atoms with Gasteiger partial charge >= 0.3 is 5.97 Å². The summed E-state index contributed by atoms with van der Waals surface area (Å²) in [5.74, 6) is -0.743. The molecule has 1 aromatic carbocycles. The first-order chi connectivity index (χ1) is 10.3. The maximum Gasteiger partial charge on any atom is 0.320 e. The number of hydrogen-bond acceptors (Lipinski definition) is 3. The topological polar surface area (TPSA) is 61.4 Å². The summed E-state index contributed by atoms with van der Waals surface area (Å²) in [5.41, 5.74) is 1.20. The number of carbonyl (C=O) groups is 1. The summed E-state index contributed by atoms with van der Waals surface area (Å²) in [6, 6.07) is 9.89. The zero-order valence-corrected chi connectivity index (χ0v) is 12.6. The maximum absolute atomic E-state index is 11.5. The van der Waals surface area contributed by atoms with Crippen molar-refractivity contribution in [2.45, 2.75) is 50.6 Å². The van der Waals surface area contributed by atoms with E-state index < -0.39 is 12.0 Å². The van der Waals surface area contributed by atoms with Gasteiger partial charge in [0.15, 0.2) is 0 Å². The van der Waals surface area contributed by atoms with Gasteiger partial charge in [-0.05, 0) is 37.8 Å². The molecule has 1 aliphatic rings. The molecule has 4 nitrogen and oxygen atoms in total. The van der Waals surface area contributed by atoms with Gasteiger partial charge in [0, 0.05) is 12.6 Å². The summed E-state index contributed by atoms with van der Waals surface area (Å²) in [4.78, 5) is 11.5. The van der Waals surface area contributed by atoms with Gasteiger partial charge < -0.3 is 15.7 Å². The molecule has 1 aliphatic heterocycles. The highest BCUT2D eigenvalue weighted by Gasteiger charge is 2.21. The van der Waals surface area contributed by atoms with E-state index in [0.29, 0.717) is 6.42 Å². The number of carboxylic acids is 1. The van der Waals surface area contributed by atoms with Crippen molar-refractivity contribution in [2.24, 2.45) is 0 Å². The Bertz CT molecular complexity index is 414. The number of hydrogen-bond donors (Lipinski definition) is 3. The largest absolute Gasteiger partial charge is 0.480 e. The number of carboxylic acid groups (broad SMARTS) is 1. The standard InChI is InChI=1S/C17H26N2O2/c20-17(21)16(11-10-14-7-3-1-4-8-14)19-15-9-5-2-6-12-18-13-15/h1,3-4,7-8,15-16,18-19H,2,5-6,9-13H2,(H,20,21)/t15?,16-/m0/s1. The van der Waals surface area contributed by atoms with Crippen LogP contribution in [0.5, 0.6) is 0 Å². The van der Waals surface area contributed by atoms with Crippen molar-refractivity contribution in [3.05, 3.63) is 35.9 Å². The fourth-order valence-corrected chi connectivity index (χ4v) is 2.86. The van der Waals surface area contributed by atoms with Crippen molar-refractivity contribution in [3.8, 4) is 0 Å². The van der Waals surface area contributed by atoms with Gasteiger partial charge in [0.2, 0.25) is 0 Å². The van der Waals surface area contributed by atoms with Gasteiger partial charge in [-0.25, -0.2) is 0 Å². The van der Waals surface area contributed by atoms with Gasteiger partial charge in [-0.2, -0.15) is 0 Å². The zero-order valence-electron chi connectivity index (χ0n) is 12.6. The zero-order chi connectivity index (χ0) is 14.9.